The first-order valence-electron chi connectivity index (χ1n) is 8.03. The molecule has 2 N–H and O–H groups in total. The molecule has 7 heteroatoms. The summed E-state index contributed by atoms with van der Waals surface area (Å²) in [7, 11) is 1.64. The Morgan fingerprint density at radius 2 is 1.58 bits per heavy atom. The molecule has 0 bridgehead atoms. The van der Waals surface area contributed by atoms with E-state index in [1.54, 1.807) is 7.11 Å². The highest BCUT2D eigenvalue weighted by Gasteiger charge is 2.06. The first-order chi connectivity index (χ1) is 12.6. The fraction of sp³-hybridized carbons (Fsp3) is 0.263. The van der Waals surface area contributed by atoms with Crippen molar-refractivity contribution in [3.05, 3.63) is 65.5 Å². The van der Waals surface area contributed by atoms with Gasteiger partial charge in [0.25, 0.3) is 0 Å². The van der Waals surface area contributed by atoms with E-state index in [1.807, 2.05) is 24.3 Å². The third-order valence-corrected chi connectivity index (χ3v) is 4.35. The Kier molecular flexibility index (Phi) is 8.11. The molecular formula is C19H21FN2O3S. The summed E-state index contributed by atoms with van der Waals surface area (Å²) in [4.78, 5) is 23.6. The van der Waals surface area contributed by atoms with Crippen molar-refractivity contribution in [3.8, 4) is 0 Å². The van der Waals surface area contributed by atoms with Crippen molar-refractivity contribution in [1.29, 1.82) is 0 Å². The number of halogens is 1. The zero-order valence-corrected chi connectivity index (χ0v) is 15.3. The number of hydrogen-bond donors (Lipinski definition) is 2. The van der Waals surface area contributed by atoms with E-state index in [1.165, 1.54) is 36.0 Å². The monoisotopic (exact) mass is 376 g/mol. The van der Waals surface area contributed by atoms with Crippen molar-refractivity contribution in [2.24, 2.45) is 0 Å². The maximum atomic E-state index is 12.8. The van der Waals surface area contributed by atoms with Gasteiger partial charge >= 0.3 is 0 Å². The van der Waals surface area contributed by atoms with E-state index >= 15 is 0 Å². The number of benzene rings is 2. The number of carbonyl (C=O) groups is 2. The fourth-order valence-electron chi connectivity index (χ4n) is 2.14. The van der Waals surface area contributed by atoms with Gasteiger partial charge in [0.2, 0.25) is 11.8 Å². The van der Waals surface area contributed by atoms with Crippen LogP contribution in [0.15, 0.2) is 48.5 Å². The number of carbonyl (C=O) groups excluding carboxylic acids is 2. The van der Waals surface area contributed by atoms with Gasteiger partial charge in [-0.15, -0.1) is 11.8 Å². The van der Waals surface area contributed by atoms with E-state index in [2.05, 4.69) is 10.6 Å². The van der Waals surface area contributed by atoms with Crippen molar-refractivity contribution >= 4 is 29.3 Å². The van der Waals surface area contributed by atoms with Gasteiger partial charge in [-0.1, -0.05) is 24.3 Å². The lowest BCUT2D eigenvalue weighted by molar-refractivity contribution is -0.118. The maximum Gasteiger partial charge on any atom is 0.234 e. The van der Waals surface area contributed by atoms with E-state index in [-0.39, 0.29) is 29.1 Å². The molecule has 138 valence electrons. The lowest BCUT2D eigenvalue weighted by Crippen LogP contribution is -2.25. The number of thioether (sulfide) groups is 1. The van der Waals surface area contributed by atoms with Crippen LogP contribution in [-0.4, -0.2) is 30.4 Å². The molecule has 0 aromatic heterocycles. The average Bonchev–Trinajstić information content (AvgIpc) is 2.63. The standard InChI is InChI=1S/C19H21FN2O3S/c1-25-11-15-4-2-14(3-5-15)10-21-18(23)12-26-13-19(24)22-17-8-6-16(20)7-9-17/h2-9H,10-13H2,1H3,(H,21,23)(H,22,24). The predicted molar refractivity (Wildman–Crippen MR) is 101 cm³/mol. The number of methoxy groups -OCH3 is 1. The van der Waals surface area contributed by atoms with Gasteiger partial charge in [0, 0.05) is 19.3 Å². The van der Waals surface area contributed by atoms with Crippen LogP contribution in [0.25, 0.3) is 0 Å². The van der Waals surface area contributed by atoms with Crippen LogP contribution in [0.3, 0.4) is 0 Å². The third-order valence-electron chi connectivity index (χ3n) is 3.42. The molecule has 2 rings (SSSR count). The number of amides is 2. The second-order valence-corrected chi connectivity index (χ2v) is 6.56. The number of nitrogens with one attached hydrogen (secondary N) is 2. The quantitative estimate of drug-likeness (QED) is 0.706. The van der Waals surface area contributed by atoms with Gasteiger partial charge in [-0.05, 0) is 35.4 Å². The Balaban J connectivity index is 1.63. The second-order valence-electron chi connectivity index (χ2n) is 5.57. The molecule has 0 aliphatic heterocycles. The molecule has 0 heterocycles. The summed E-state index contributed by atoms with van der Waals surface area (Å²) in [6, 6.07) is 13.3. The summed E-state index contributed by atoms with van der Waals surface area (Å²) in [5.74, 6) is -0.383. The van der Waals surface area contributed by atoms with Crippen molar-refractivity contribution in [3.63, 3.8) is 0 Å². The smallest absolute Gasteiger partial charge is 0.234 e. The van der Waals surface area contributed by atoms with Gasteiger partial charge in [0.05, 0.1) is 18.1 Å². The number of hydrogen-bond acceptors (Lipinski definition) is 4. The Bertz CT molecular complexity index is 721. The minimum absolute atomic E-state index is 0.134. The molecule has 0 unspecified atom stereocenters. The van der Waals surface area contributed by atoms with Crippen molar-refractivity contribution in [1.82, 2.24) is 5.32 Å². The van der Waals surface area contributed by atoms with Gasteiger partial charge in [0.15, 0.2) is 0 Å². The molecular weight excluding hydrogens is 355 g/mol. The first kappa shape index (κ1) is 19.9. The average molecular weight is 376 g/mol. The topological polar surface area (TPSA) is 67.4 Å². The minimum Gasteiger partial charge on any atom is -0.380 e. The molecule has 0 atom stereocenters. The van der Waals surface area contributed by atoms with Crippen LogP contribution in [0.1, 0.15) is 11.1 Å². The summed E-state index contributed by atoms with van der Waals surface area (Å²) < 4.78 is 17.8. The van der Waals surface area contributed by atoms with E-state index in [0.717, 1.165) is 11.1 Å². The molecule has 0 aliphatic rings. The lowest BCUT2D eigenvalue weighted by Gasteiger charge is -2.07. The molecule has 0 aliphatic carbocycles. The third kappa shape index (κ3) is 7.25. The molecule has 0 saturated carbocycles. The van der Waals surface area contributed by atoms with Crippen LogP contribution in [0.5, 0.6) is 0 Å². The van der Waals surface area contributed by atoms with Gasteiger partial charge in [0.1, 0.15) is 5.82 Å². The van der Waals surface area contributed by atoms with Crippen molar-refractivity contribution in [2.75, 3.05) is 23.9 Å². The summed E-state index contributed by atoms with van der Waals surface area (Å²) in [5, 5.41) is 5.46. The fourth-order valence-corrected chi connectivity index (χ4v) is 2.79. The normalized spacial score (nSPS) is 10.4. The highest BCUT2D eigenvalue weighted by molar-refractivity contribution is 8.00. The van der Waals surface area contributed by atoms with Crippen LogP contribution in [-0.2, 0) is 27.5 Å². The molecule has 0 fully saturated rings. The zero-order chi connectivity index (χ0) is 18.8. The van der Waals surface area contributed by atoms with Crippen LogP contribution in [0.2, 0.25) is 0 Å². The van der Waals surface area contributed by atoms with Crippen molar-refractivity contribution in [2.45, 2.75) is 13.2 Å². The van der Waals surface area contributed by atoms with E-state index in [0.29, 0.717) is 18.8 Å². The highest BCUT2D eigenvalue weighted by atomic mass is 32.2. The molecule has 2 aromatic carbocycles. The van der Waals surface area contributed by atoms with Crippen LogP contribution < -0.4 is 10.6 Å². The molecule has 0 saturated heterocycles. The van der Waals surface area contributed by atoms with Crippen LogP contribution in [0.4, 0.5) is 10.1 Å². The lowest BCUT2D eigenvalue weighted by atomic mass is 10.1. The molecule has 26 heavy (non-hydrogen) atoms. The maximum absolute atomic E-state index is 12.8. The summed E-state index contributed by atoms with van der Waals surface area (Å²) in [6.07, 6.45) is 0. The molecule has 2 aromatic rings. The van der Waals surface area contributed by atoms with Gasteiger partial charge < -0.3 is 15.4 Å². The van der Waals surface area contributed by atoms with E-state index in [4.69, 9.17) is 4.74 Å². The number of ether oxygens (including phenoxy) is 1. The van der Waals surface area contributed by atoms with E-state index in [9.17, 15) is 14.0 Å². The van der Waals surface area contributed by atoms with E-state index < -0.39 is 0 Å². The van der Waals surface area contributed by atoms with Gasteiger partial charge in [-0.25, -0.2) is 4.39 Å². The largest absolute Gasteiger partial charge is 0.380 e. The molecule has 0 radical (unpaired) electrons. The number of anilines is 1. The van der Waals surface area contributed by atoms with Crippen molar-refractivity contribution < 1.29 is 18.7 Å². The SMILES string of the molecule is COCc1ccc(CNC(=O)CSCC(=O)Nc2ccc(F)cc2)cc1. The first-order valence-corrected chi connectivity index (χ1v) is 9.19. The van der Waals surface area contributed by atoms with Crippen LogP contribution in [0, 0.1) is 5.82 Å². The highest BCUT2D eigenvalue weighted by Crippen LogP contribution is 2.10. The summed E-state index contributed by atoms with van der Waals surface area (Å²) >= 11 is 1.22. The molecule has 0 spiro atoms. The predicted octanol–water partition coefficient (Wildman–Crippen LogP) is 2.96. The Morgan fingerprint density at radius 1 is 0.962 bits per heavy atom. The Hall–Kier alpha value is -2.38. The minimum atomic E-state index is -0.359. The Labute approximate surface area is 156 Å². The summed E-state index contributed by atoms with van der Waals surface area (Å²) in [5.41, 5.74) is 2.60. The van der Waals surface area contributed by atoms with Gasteiger partial charge in [-0.3, -0.25) is 9.59 Å². The van der Waals surface area contributed by atoms with Gasteiger partial charge in [-0.2, -0.15) is 0 Å². The Morgan fingerprint density at radius 3 is 2.23 bits per heavy atom. The zero-order valence-electron chi connectivity index (χ0n) is 14.5. The molecule has 5 nitrogen and oxygen atoms in total. The number of rotatable bonds is 9. The molecule has 2 amide bonds. The second kappa shape index (κ2) is 10.6. The van der Waals surface area contributed by atoms with Crippen LogP contribution >= 0.6 is 11.8 Å². The summed E-state index contributed by atoms with van der Waals surface area (Å²) in [6.45, 7) is 0.998.